The van der Waals surface area contributed by atoms with Crippen LogP contribution < -0.4 is 35.9 Å². The summed E-state index contributed by atoms with van der Waals surface area (Å²) >= 11 is 19.1. The Morgan fingerprint density at radius 1 is 0.400 bits per heavy atom. The molecular formula is C113H134Cl3F9N12O8. The molecule has 18 rings (SSSR count). The summed E-state index contributed by atoms with van der Waals surface area (Å²) in [6, 6.07) is 60.6. The van der Waals surface area contributed by atoms with E-state index in [9.17, 15) is 53.9 Å². The molecule has 9 heterocycles. The Hall–Kier alpha value is -10.8. The highest BCUT2D eigenvalue weighted by Gasteiger charge is 2.44. The van der Waals surface area contributed by atoms with E-state index >= 15 is 0 Å². The summed E-state index contributed by atoms with van der Waals surface area (Å²) in [5, 5.41) is 14.6. The number of halogens is 12. The quantitative estimate of drug-likeness (QED) is 0.0206. The van der Waals surface area contributed by atoms with Crippen LogP contribution in [0.1, 0.15) is 164 Å². The van der Waals surface area contributed by atoms with Crippen molar-refractivity contribution < 1.29 is 77.6 Å². The average Bonchev–Trinajstić information content (AvgIpc) is 1.63. The zero-order chi connectivity index (χ0) is 102. The van der Waals surface area contributed by atoms with Crippen molar-refractivity contribution in [1.82, 2.24) is 54.2 Å². The van der Waals surface area contributed by atoms with Gasteiger partial charge >= 0.3 is 31.3 Å². The van der Waals surface area contributed by atoms with Gasteiger partial charge in [-0.3, -0.25) is 29.3 Å². The number of carbonyl (C=O) groups is 3. The molecule has 5 N–H and O–H groups in total. The number of alkyl halides is 9. The maximum absolute atomic E-state index is 12.8. The number of rotatable bonds is 28. The molecule has 6 aliphatic heterocycles. The Bertz CT molecular complexity index is 6290. The minimum absolute atomic E-state index is 0. The van der Waals surface area contributed by atoms with Gasteiger partial charge in [-0.2, -0.15) is 0 Å². The number of fused-ring (bicyclic) bond motifs is 3. The van der Waals surface area contributed by atoms with Gasteiger partial charge in [0.2, 0.25) is 0 Å². The summed E-state index contributed by atoms with van der Waals surface area (Å²) in [5.74, 6) is -0.783. The maximum atomic E-state index is 12.8. The molecule has 6 fully saturated rings. The predicted molar refractivity (Wildman–Crippen MR) is 558 cm³/mol. The summed E-state index contributed by atoms with van der Waals surface area (Å²) in [6.45, 7) is 32.3. The first-order chi connectivity index (χ1) is 68.7. The fraction of sp³-hybridized carbons (Fsp3) is 0.442. The van der Waals surface area contributed by atoms with Crippen LogP contribution in [-0.2, 0) is 61.8 Å². The molecule has 9 aromatic carbocycles. The molecule has 0 atom stereocenters. The van der Waals surface area contributed by atoms with Crippen LogP contribution in [0.2, 0.25) is 15.1 Å². The lowest BCUT2D eigenvalue weighted by Crippen LogP contribution is -2.41. The van der Waals surface area contributed by atoms with Crippen molar-refractivity contribution in [3.05, 3.63) is 267 Å². The number of carbonyl (C=O) groups excluding carboxylic acids is 3. The van der Waals surface area contributed by atoms with E-state index in [0.717, 1.165) is 180 Å². The molecule has 778 valence electrons. The Labute approximate surface area is 859 Å². The van der Waals surface area contributed by atoms with E-state index in [4.69, 9.17) is 50.0 Å². The van der Waals surface area contributed by atoms with Crippen molar-refractivity contribution in [3.8, 4) is 50.6 Å². The van der Waals surface area contributed by atoms with E-state index < -0.39 is 42.5 Å². The second kappa shape index (κ2) is 48.4. The van der Waals surface area contributed by atoms with Crippen LogP contribution in [-0.4, -0.2) is 185 Å². The Morgan fingerprint density at radius 2 is 0.717 bits per heavy atom. The zero-order valence-corrected chi connectivity index (χ0v) is 84.8. The third-order valence-corrected chi connectivity index (χ3v) is 29.3. The molecule has 3 aromatic heterocycles. The zero-order valence-electron chi connectivity index (χ0n) is 82.6. The Kier molecular flexibility index (Phi) is 36.7. The van der Waals surface area contributed by atoms with Gasteiger partial charge in [0.25, 0.3) is 0 Å². The number of alkyl carbamates (subject to hydrolysis) is 2. The predicted octanol–water partition coefficient (Wildman–Crippen LogP) is 26.4. The number of nitrogens with one attached hydrogen (secondary N) is 3. The van der Waals surface area contributed by atoms with E-state index in [0.29, 0.717) is 72.9 Å². The normalized spacial score (nSPS) is 16.8. The fourth-order valence-corrected chi connectivity index (χ4v) is 21.4. The number of hydrogen-bond donors (Lipinski definition) is 4. The standard InChI is InChI=1S/C39H46ClF3N4O3.C34H38ClF3N4O.C24H25F3N2O4.C15H21ClN2.CH4/c1-37(2,3)50-36(48)44-18-6-19-47-26-33(29-10-12-31(13-11-29)49-39(41,42)43)32-23-28(9-14-35(32)47)24-46-22-17-38(27-46)15-20-45(21-16-38)25-30-7-4-5-8-34(30)40;35-31-5-2-1-4-27(31)22-40-17-12-33(13-18-40)14-19-41(24-33)21-25-6-11-32-29(20-25)30(23-42(32)16-3-15-39)26-7-9-28(10-8-26)43-34(36,37)38;1-23(2,3)33-22(31)28-11-4-12-29-14-20(19-13-16(15-30)5-10-21(19)29)17-6-8-18(9-7-17)32-24(25,26)27;16-14-4-2-1-3-13(14)11-18-9-6-15(7-10-18)5-8-17-12-15;/h4-5,7-14,23,26H,6,15-22,24-25,27H2,1-3H3,(H,44,48);1-2,4-11,20,23H,3,12-19,21-22,24,39H2;5-10,13-15H,4,11-12H2,1-3H3,(H,28,31);1-4,17H,5-12H2;1H4. The number of ether oxygens (including phenoxy) is 5. The third-order valence-electron chi connectivity index (χ3n) is 28.2. The first kappa shape index (κ1) is 110. The molecule has 3 spiro atoms. The first-order valence-corrected chi connectivity index (χ1v) is 50.9. The summed E-state index contributed by atoms with van der Waals surface area (Å²) < 4.78 is 143. The molecule has 2 amide bonds. The number of nitrogens with zero attached hydrogens (tertiary/aromatic N) is 8. The lowest BCUT2D eigenvalue weighted by molar-refractivity contribution is -0.275. The van der Waals surface area contributed by atoms with Crippen LogP contribution in [0.25, 0.3) is 66.1 Å². The van der Waals surface area contributed by atoms with E-state index in [1.165, 1.54) is 160 Å². The van der Waals surface area contributed by atoms with Gasteiger partial charge in [0.15, 0.2) is 0 Å². The molecule has 0 aliphatic carbocycles. The minimum Gasteiger partial charge on any atom is -0.444 e. The lowest BCUT2D eigenvalue weighted by atomic mass is 9.77. The highest BCUT2D eigenvalue weighted by Crippen LogP contribution is 2.46. The summed E-state index contributed by atoms with van der Waals surface area (Å²) in [4.78, 5) is 47.9. The maximum Gasteiger partial charge on any atom is 0.573 e. The number of aldehydes is 1. The van der Waals surface area contributed by atoms with Gasteiger partial charge in [-0.15, -0.1) is 39.5 Å². The number of nitrogens with two attached hydrogens (primary N) is 1. The molecule has 20 nitrogen and oxygen atoms in total. The fourth-order valence-electron chi connectivity index (χ4n) is 20.8. The van der Waals surface area contributed by atoms with E-state index in [-0.39, 0.29) is 24.7 Å². The van der Waals surface area contributed by atoms with Crippen LogP contribution in [0.15, 0.2) is 219 Å². The van der Waals surface area contributed by atoms with Gasteiger partial charge in [0.1, 0.15) is 34.7 Å². The summed E-state index contributed by atoms with van der Waals surface area (Å²) in [7, 11) is 0. The molecule has 0 radical (unpaired) electrons. The number of piperidine rings is 3. The third kappa shape index (κ3) is 31.2. The number of amides is 2. The lowest BCUT2D eigenvalue weighted by Gasteiger charge is -2.39. The molecule has 6 saturated heterocycles. The van der Waals surface area contributed by atoms with Crippen LogP contribution in [0.3, 0.4) is 0 Å². The monoisotopic (exact) mass is 2060 g/mol. The van der Waals surface area contributed by atoms with E-state index in [2.05, 4.69) is 137 Å². The van der Waals surface area contributed by atoms with E-state index in [1.54, 1.807) is 57.2 Å². The molecule has 0 saturated carbocycles. The number of aryl methyl sites for hydroxylation is 3. The van der Waals surface area contributed by atoms with Crippen molar-refractivity contribution in [1.29, 1.82) is 0 Å². The topological polar surface area (TPSA) is 190 Å². The van der Waals surface area contributed by atoms with Crippen molar-refractivity contribution in [2.24, 2.45) is 22.0 Å². The van der Waals surface area contributed by atoms with E-state index in [1.807, 2.05) is 86.3 Å². The molecule has 0 unspecified atom stereocenters. The second-order valence-electron chi connectivity index (χ2n) is 41.2. The number of benzene rings is 9. The molecule has 145 heavy (non-hydrogen) atoms. The van der Waals surface area contributed by atoms with Crippen LogP contribution in [0.4, 0.5) is 49.1 Å². The van der Waals surface area contributed by atoms with Crippen molar-refractivity contribution in [3.63, 3.8) is 0 Å². The van der Waals surface area contributed by atoms with Crippen molar-refractivity contribution in [2.75, 3.05) is 98.2 Å². The number of likely N-dealkylation sites (tertiary alicyclic amines) is 5. The first-order valence-electron chi connectivity index (χ1n) is 49.7. The largest absolute Gasteiger partial charge is 0.573 e. The molecular weight excluding hydrogens is 1930 g/mol. The van der Waals surface area contributed by atoms with Gasteiger partial charge in [-0.25, -0.2) is 9.59 Å². The van der Waals surface area contributed by atoms with Gasteiger partial charge < -0.3 is 59.1 Å². The summed E-state index contributed by atoms with van der Waals surface area (Å²) in [6.07, 6.45) is 4.96. The molecule has 32 heteroatoms. The SMILES string of the molecule is C.CC(C)(C)OC(=O)NCCCn1cc(-c2ccc(OC(F)(F)F)cc2)c2cc(C=O)ccc21.CC(C)(C)OC(=O)NCCCn1cc(-c2ccc(OC(F)(F)F)cc2)c2cc(CN3CCC4(CCN(Cc5ccccc5Cl)CC4)C3)ccc21.Clc1ccccc1CN1CCC2(CCNC2)CC1.NCCCn1cc(-c2ccc(OC(F)(F)F)cc2)c2cc(CN3CCC4(CCN(Cc5ccccc5Cl)CC4)C3)ccc21. The van der Waals surface area contributed by atoms with Crippen molar-refractivity contribution in [2.45, 2.75) is 209 Å². The highest BCUT2D eigenvalue weighted by atomic mass is 35.5. The van der Waals surface area contributed by atoms with Gasteiger partial charge in [0.05, 0.1) is 0 Å². The number of hydrogen-bond acceptors (Lipinski definition) is 15. The molecule has 12 aromatic rings. The highest BCUT2D eigenvalue weighted by molar-refractivity contribution is 6.32. The van der Waals surface area contributed by atoms with Crippen molar-refractivity contribution >= 4 is 86.0 Å². The Balaban J connectivity index is 0.000000160. The number of aromatic nitrogens is 3. The van der Waals surface area contributed by atoms with Crippen LogP contribution in [0, 0.1) is 16.2 Å². The average molecular weight is 2070 g/mol. The second-order valence-corrected chi connectivity index (χ2v) is 42.4. The molecule has 0 bridgehead atoms. The smallest absolute Gasteiger partial charge is 0.444 e. The van der Waals surface area contributed by atoms with Gasteiger partial charge in [-0.05, 0) is 342 Å². The van der Waals surface area contributed by atoms with Gasteiger partial charge in [-0.1, -0.05) is 145 Å². The Morgan fingerprint density at radius 3 is 1.03 bits per heavy atom. The summed E-state index contributed by atoms with van der Waals surface area (Å²) in [5.41, 5.74) is 20.6. The van der Waals surface area contributed by atoms with Crippen LogP contribution in [0.5, 0.6) is 17.2 Å². The van der Waals surface area contributed by atoms with Crippen LogP contribution >= 0.6 is 34.8 Å². The van der Waals surface area contributed by atoms with Gasteiger partial charge in [0, 0.05) is 174 Å². The molecule has 6 aliphatic rings. The minimum atomic E-state index is -4.76.